The number of carbonyl (C=O) groups excluding carboxylic acids is 1. The third-order valence-electron chi connectivity index (χ3n) is 5.50. The molecule has 1 unspecified atom stereocenters. The molecule has 1 aromatic heterocycles. The van der Waals surface area contributed by atoms with E-state index in [9.17, 15) is 4.79 Å². The molecule has 0 saturated carbocycles. The van der Waals surface area contributed by atoms with Gasteiger partial charge >= 0.3 is 0 Å². The monoisotopic (exact) mass is 456 g/mol. The van der Waals surface area contributed by atoms with Gasteiger partial charge in [-0.05, 0) is 45.3 Å². The van der Waals surface area contributed by atoms with Gasteiger partial charge in [-0.15, -0.1) is 0 Å². The number of nitrogens with one attached hydrogen (secondary N) is 1. The van der Waals surface area contributed by atoms with E-state index in [2.05, 4.69) is 26.9 Å². The van der Waals surface area contributed by atoms with Gasteiger partial charge in [0, 0.05) is 11.6 Å². The van der Waals surface area contributed by atoms with Crippen molar-refractivity contribution in [2.45, 2.75) is 12.6 Å². The van der Waals surface area contributed by atoms with Crippen LogP contribution in [0.1, 0.15) is 22.7 Å². The molecule has 0 radical (unpaired) electrons. The molecule has 0 bridgehead atoms. The Morgan fingerprint density at radius 3 is 2.36 bits per heavy atom. The first kappa shape index (κ1) is 20.9. The van der Waals surface area contributed by atoms with Gasteiger partial charge in [0.2, 0.25) is 5.91 Å². The highest BCUT2D eigenvalue weighted by Crippen LogP contribution is 2.36. The summed E-state index contributed by atoms with van der Waals surface area (Å²) in [4.78, 5) is 14.8. The van der Waals surface area contributed by atoms with Gasteiger partial charge in [-0.1, -0.05) is 89.5 Å². The second-order valence-electron chi connectivity index (χ2n) is 7.69. The summed E-state index contributed by atoms with van der Waals surface area (Å²) in [5.41, 5.74) is 3.85. The number of nitrogens with zero attached hydrogens (tertiary/aromatic N) is 5. The lowest BCUT2D eigenvalue weighted by Crippen LogP contribution is -2.39. The Hall–Kier alpha value is -3.97. The van der Waals surface area contributed by atoms with Crippen molar-refractivity contribution < 1.29 is 4.79 Å². The van der Waals surface area contributed by atoms with Crippen molar-refractivity contribution in [3.8, 4) is 0 Å². The SMILES string of the molecule is O=C(CN1C(c2ccc(Cl)cc2)=CC(c2ccccc2)n2nnnc21)NCc1ccccc1. The Balaban J connectivity index is 1.48. The summed E-state index contributed by atoms with van der Waals surface area (Å²) in [6.07, 6.45) is 2.08. The van der Waals surface area contributed by atoms with E-state index in [0.29, 0.717) is 17.5 Å². The standard InChI is InChI=1S/C25H21ClN6O/c26-21-13-11-20(12-14-21)22-15-23(19-9-5-2-6-10-19)32-25(28-29-30-32)31(22)17-24(33)27-16-18-7-3-1-4-8-18/h1-15,23H,16-17H2,(H,27,33). The highest BCUT2D eigenvalue weighted by atomic mass is 35.5. The van der Waals surface area contributed by atoms with Gasteiger partial charge in [-0.3, -0.25) is 9.69 Å². The second kappa shape index (κ2) is 9.26. The third kappa shape index (κ3) is 4.49. The fourth-order valence-corrected chi connectivity index (χ4v) is 4.00. The zero-order chi connectivity index (χ0) is 22.6. The number of carbonyl (C=O) groups is 1. The zero-order valence-electron chi connectivity index (χ0n) is 17.7. The molecule has 3 aromatic carbocycles. The number of fused-ring (bicyclic) bond motifs is 1. The lowest BCUT2D eigenvalue weighted by molar-refractivity contribution is -0.119. The van der Waals surface area contributed by atoms with E-state index < -0.39 is 0 Å². The molecule has 1 amide bonds. The van der Waals surface area contributed by atoms with Gasteiger partial charge in [0.25, 0.3) is 5.95 Å². The fraction of sp³-hybridized carbons (Fsp3) is 0.120. The van der Waals surface area contributed by atoms with E-state index in [4.69, 9.17) is 11.6 Å². The number of tetrazole rings is 1. The van der Waals surface area contributed by atoms with Crippen LogP contribution in [-0.4, -0.2) is 32.7 Å². The van der Waals surface area contributed by atoms with E-state index in [1.54, 1.807) is 4.68 Å². The molecule has 1 aliphatic heterocycles. The molecule has 2 heterocycles. The Morgan fingerprint density at radius 2 is 1.64 bits per heavy atom. The third-order valence-corrected chi connectivity index (χ3v) is 5.75. The molecule has 0 saturated heterocycles. The number of amides is 1. The first-order valence-electron chi connectivity index (χ1n) is 10.6. The smallest absolute Gasteiger partial charge is 0.251 e. The fourth-order valence-electron chi connectivity index (χ4n) is 3.88. The molecule has 1 atom stereocenters. The minimum absolute atomic E-state index is 0.0726. The van der Waals surface area contributed by atoms with Crippen molar-refractivity contribution in [3.05, 3.63) is 113 Å². The summed E-state index contributed by atoms with van der Waals surface area (Å²) in [5, 5.41) is 16.0. The topological polar surface area (TPSA) is 75.9 Å². The number of aromatic nitrogens is 4. The van der Waals surface area contributed by atoms with Crippen LogP contribution >= 0.6 is 11.6 Å². The van der Waals surface area contributed by atoms with E-state index in [0.717, 1.165) is 22.4 Å². The highest BCUT2D eigenvalue weighted by molar-refractivity contribution is 6.30. The van der Waals surface area contributed by atoms with Gasteiger partial charge in [0.15, 0.2) is 0 Å². The summed E-state index contributed by atoms with van der Waals surface area (Å²) in [5.74, 6) is 0.373. The summed E-state index contributed by atoms with van der Waals surface area (Å²) in [6, 6.07) is 27.2. The van der Waals surface area contributed by atoms with Crippen molar-refractivity contribution in [2.75, 3.05) is 11.4 Å². The van der Waals surface area contributed by atoms with Gasteiger partial charge in [-0.25, -0.2) is 0 Å². The minimum Gasteiger partial charge on any atom is -0.350 e. The Labute approximate surface area is 196 Å². The van der Waals surface area contributed by atoms with Crippen LogP contribution in [0.25, 0.3) is 5.70 Å². The Bertz CT molecular complexity index is 1270. The molecule has 1 aliphatic rings. The van der Waals surface area contributed by atoms with Crippen LogP contribution in [0.3, 0.4) is 0 Å². The van der Waals surface area contributed by atoms with Crippen molar-refractivity contribution in [1.82, 2.24) is 25.5 Å². The number of halogens is 1. The molecule has 164 valence electrons. The second-order valence-corrected chi connectivity index (χ2v) is 8.12. The van der Waals surface area contributed by atoms with Crippen molar-refractivity contribution >= 4 is 29.2 Å². The first-order valence-corrected chi connectivity index (χ1v) is 11.0. The van der Waals surface area contributed by atoms with E-state index in [1.165, 1.54) is 0 Å². The quantitative estimate of drug-likeness (QED) is 0.473. The predicted octanol–water partition coefficient (Wildman–Crippen LogP) is 4.09. The van der Waals surface area contributed by atoms with Crippen LogP contribution in [0, 0.1) is 0 Å². The largest absolute Gasteiger partial charge is 0.350 e. The number of hydrogen-bond acceptors (Lipinski definition) is 5. The maximum Gasteiger partial charge on any atom is 0.251 e. The summed E-state index contributed by atoms with van der Waals surface area (Å²) < 4.78 is 1.74. The van der Waals surface area contributed by atoms with E-state index in [-0.39, 0.29) is 18.5 Å². The average molecular weight is 457 g/mol. The number of allylic oxidation sites excluding steroid dienone is 1. The van der Waals surface area contributed by atoms with Crippen LogP contribution in [0.15, 0.2) is 91.0 Å². The molecule has 4 aromatic rings. The Kier molecular flexibility index (Phi) is 5.87. The average Bonchev–Trinajstić information content (AvgIpc) is 3.35. The van der Waals surface area contributed by atoms with Gasteiger partial charge in [-0.2, -0.15) is 4.68 Å². The molecule has 5 rings (SSSR count). The maximum absolute atomic E-state index is 12.9. The van der Waals surface area contributed by atoms with Gasteiger partial charge in [0.05, 0.1) is 5.70 Å². The highest BCUT2D eigenvalue weighted by Gasteiger charge is 2.31. The lowest BCUT2D eigenvalue weighted by atomic mass is 10.0. The van der Waals surface area contributed by atoms with Crippen LogP contribution in [0.5, 0.6) is 0 Å². The summed E-state index contributed by atoms with van der Waals surface area (Å²) in [6.45, 7) is 0.522. The molecular weight excluding hydrogens is 436 g/mol. The predicted molar refractivity (Wildman–Crippen MR) is 127 cm³/mol. The number of anilines is 1. The summed E-state index contributed by atoms with van der Waals surface area (Å²) in [7, 11) is 0. The molecule has 0 aliphatic carbocycles. The number of hydrogen-bond donors (Lipinski definition) is 1. The van der Waals surface area contributed by atoms with Crippen molar-refractivity contribution in [2.24, 2.45) is 0 Å². The number of benzene rings is 3. The number of rotatable bonds is 6. The molecule has 7 nitrogen and oxygen atoms in total. The molecule has 33 heavy (non-hydrogen) atoms. The van der Waals surface area contributed by atoms with Crippen LogP contribution < -0.4 is 10.2 Å². The molecule has 1 N–H and O–H groups in total. The van der Waals surface area contributed by atoms with Crippen LogP contribution in [-0.2, 0) is 11.3 Å². The Morgan fingerprint density at radius 1 is 0.939 bits per heavy atom. The van der Waals surface area contributed by atoms with Gasteiger partial charge < -0.3 is 5.32 Å². The maximum atomic E-state index is 12.9. The van der Waals surface area contributed by atoms with E-state index >= 15 is 0 Å². The lowest BCUT2D eigenvalue weighted by Gasteiger charge is -2.32. The van der Waals surface area contributed by atoms with Crippen molar-refractivity contribution in [1.29, 1.82) is 0 Å². The molecular formula is C25H21ClN6O. The zero-order valence-corrected chi connectivity index (χ0v) is 18.4. The molecule has 0 fully saturated rings. The normalized spacial score (nSPS) is 15.0. The first-order chi connectivity index (χ1) is 16.2. The minimum atomic E-state index is -0.203. The molecule has 0 spiro atoms. The van der Waals surface area contributed by atoms with Gasteiger partial charge in [0.1, 0.15) is 12.6 Å². The molecule has 8 heteroatoms. The van der Waals surface area contributed by atoms with E-state index in [1.807, 2.05) is 89.8 Å². The van der Waals surface area contributed by atoms with Crippen LogP contribution in [0.2, 0.25) is 5.02 Å². The summed E-state index contributed by atoms with van der Waals surface area (Å²) >= 11 is 6.13. The van der Waals surface area contributed by atoms with Crippen LogP contribution in [0.4, 0.5) is 5.95 Å². The van der Waals surface area contributed by atoms with Crippen molar-refractivity contribution in [3.63, 3.8) is 0 Å².